The number of benzene rings is 2. The SMILES string of the molecule is O=C1Nc2ccccc2/C1=C/c1c(F)cccc1Cl. The maximum atomic E-state index is 13.7. The van der Waals surface area contributed by atoms with E-state index in [1.54, 1.807) is 12.1 Å². The second kappa shape index (κ2) is 4.52. The number of amides is 1. The fraction of sp³-hybridized carbons (Fsp3) is 0. The van der Waals surface area contributed by atoms with Gasteiger partial charge in [0.1, 0.15) is 5.82 Å². The lowest BCUT2D eigenvalue weighted by molar-refractivity contribution is -0.110. The van der Waals surface area contributed by atoms with Gasteiger partial charge in [-0.05, 0) is 24.3 Å². The Bertz CT molecular complexity index is 689. The average molecular weight is 274 g/mol. The number of nitrogens with one attached hydrogen (secondary N) is 1. The Labute approximate surface area is 114 Å². The van der Waals surface area contributed by atoms with Gasteiger partial charge in [-0.25, -0.2) is 4.39 Å². The molecule has 1 aliphatic heterocycles. The predicted molar refractivity (Wildman–Crippen MR) is 74.4 cm³/mol. The average Bonchev–Trinajstić information content (AvgIpc) is 2.70. The third kappa shape index (κ3) is 2.02. The first-order chi connectivity index (χ1) is 9.16. The summed E-state index contributed by atoms with van der Waals surface area (Å²) >= 11 is 5.97. The Morgan fingerprint density at radius 2 is 1.89 bits per heavy atom. The molecule has 0 fully saturated rings. The zero-order valence-corrected chi connectivity index (χ0v) is 10.5. The Morgan fingerprint density at radius 3 is 2.68 bits per heavy atom. The number of carbonyl (C=O) groups excluding carboxylic acids is 1. The summed E-state index contributed by atoms with van der Waals surface area (Å²) in [5, 5.41) is 3.02. The lowest BCUT2D eigenvalue weighted by atomic mass is 10.0. The van der Waals surface area contributed by atoms with Gasteiger partial charge in [-0.15, -0.1) is 0 Å². The van der Waals surface area contributed by atoms with Crippen LogP contribution in [0.1, 0.15) is 11.1 Å². The fourth-order valence-corrected chi connectivity index (χ4v) is 2.29. The molecule has 0 bridgehead atoms. The van der Waals surface area contributed by atoms with E-state index >= 15 is 0 Å². The molecule has 4 heteroatoms. The maximum absolute atomic E-state index is 13.7. The van der Waals surface area contributed by atoms with Gasteiger partial charge in [-0.1, -0.05) is 35.9 Å². The first-order valence-electron chi connectivity index (χ1n) is 5.73. The van der Waals surface area contributed by atoms with E-state index in [0.717, 1.165) is 11.3 Å². The molecule has 2 aromatic rings. The van der Waals surface area contributed by atoms with Crippen LogP contribution in [0.3, 0.4) is 0 Å². The van der Waals surface area contributed by atoms with Crippen molar-refractivity contribution in [3.05, 3.63) is 64.4 Å². The third-order valence-electron chi connectivity index (χ3n) is 3.00. The first kappa shape index (κ1) is 11.9. The number of fused-ring (bicyclic) bond motifs is 1. The largest absolute Gasteiger partial charge is 0.321 e. The van der Waals surface area contributed by atoms with E-state index in [4.69, 9.17) is 11.6 Å². The van der Waals surface area contributed by atoms with Crippen molar-refractivity contribution in [3.63, 3.8) is 0 Å². The summed E-state index contributed by atoms with van der Waals surface area (Å²) < 4.78 is 13.7. The van der Waals surface area contributed by atoms with Crippen LogP contribution in [0.15, 0.2) is 42.5 Å². The van der Waals surface area contributed by atoms with E-state index in [9.17, 15) is 9.18 Å². The van der Waals surface area contributed by atoms with Crippen LogP contribution in [0, 0.1) is 5.82 Å². The van der Waals surface area contributed by atoms with Crippen molar-refractivity contribution in [2.75, 3.05) is 5.32 Å². The van der Waals surface area contributed by atoms with Crippen LogP contribution in [0.2, 0.25) is 5.02 Å². The fourth-order valence-electron chi connectivity index (χ4n) is 2.08. The van der Waals surface area contributed by atoms with Crippen molar-refractivity contribution in [2.24, 2.45) is 0 Å². The molecule has 1 N–H and O–H groups in total. The van der Waals surface area contributed by atoms with Gasteiger partial charge in [0.15, 0.2) is 0 Å². The summed E-state index contributed by atoms with van der Waals surface area (Å²) in [5.74, 6) is -0.697. The molecule has 0 saturated heterocycles. The highest BCUT2D eigenvalue weighted by Crippen LogP contribution is 2.34. The minimum atomic E-state index is -0.447. The zero-order chi connectivity index (χ0) is 13.4. The maximum Gasteiger partial charge on any atom is 0.256 e. The van der Waals surface area contributed by atoms with Crippen molar-refractivity contribution < 1.29 is 9.18 Å². The molecule has 0 spiro atoms. The number of para-hydroxylation sites is 1. The van der Waals surface area contributed by atoms with Crippen molar-refractivity contribution in [3.8, 4) is 0 Å². The topological polar surface area (TPSA) is 29.1 Å². The van der Waals surface area contributed by atoms with Gasteiger partial charge in [-0.3, -0.25) is 4.79 Å². The third-order valence-corrected chi connectivity index (χ3v) is 3.33. The van der Waals surface area contributed by atoms with Crippen LogP contribution in [-0.4, -0.2) is 5.91 Å². The number of anilines is 1. The number of hydrogen-bond donors (Lipinski definition) is 1. The van der Waals surface area contributed by atoms with Crippen molar-refractivity contribution in [1.82, 2.24) is 0 Å². The summed E-state index contributed by atoms with van der Waals surface area (Å²) in [7, 11) is 0. The van der Waals surface area contributed by atoms with Crippen LogP contribution >= 0.6 is 11.6 Å². The Kier molecular flexibility index (Phi) is 2.84. The number of carbonyl (C=O) groups is 1. The number of halogens is 2. The van der Waals surface area contributed by atoms with Crippen LogP contribution in [-0.2, 0) is 4.79 Å². The van der Waals surface area contributed by atoms with Gasteiger partial charge in [0, 0.05) is 22.4 Å². The van der Waals surface area contributed by atoms with Gasteiger partial charge in [0.2, 0.25) is 0 Å². The molecule has 3 rings (SSSR count). The second-order valence-electron chi connectivity index (χ2n) is 4.19. The molecule has 0 aliphatic carbocycles. The zero-order valence-electron chi connectivity index (χ0n) is 9.78. The van der Waals surface area contributed by atoms with Crippen molar-refractivity contribution in [2.45, 2.75) is 0 Å². The van der Waals surface area contributed by atoms with E-state index in [2.05, 4.69) is 5.32 Å². The van der Waals surface area contributed by atoms with Crippen molar-refractivity contribution >= 4 is 34.8 Å². The smallest absolute Gasteiger partial charge is 0.256 e. The Balaban J connectivity index is 2.17. The quantitative estimate of drug-likeness (QED) is 0.783. The molecule has 94 valence electrons. The summed E-state index contributed by atoms with van der Waals surface area (Å²) in [5.41, 5.74) is 2.13. The Hall–Kier alpha value is -2.13. The molecule has 1 aliphatic rings. The summed E-state index contributed by atoms with van der Waals surface area (Å²) in [6.45, 7) is 0. The molecule has 1 amide bonds. The molecule has 19 heavy (non-hydrogen) atoms. The normalized spacial score (nSPS) is 15.5. The molecular weight excluding hydrogens is 265 g/mol. The van der Waals surface area contributed by atoms with E-state index in [0.29, 0.717) is 5.57 Å². The van der Waals surface area contributed by atoms with Crippen molar-refractivity contribution in [1.29, 1.82) is 0 Å². The summed E-state index contributed by atoms with van der Waals surface area (Å²) in [4.78, 5) is 11.9. The Morgan fingerprint density at radius 1 is 1.11 bits per heavy atom. The lowest BCUT2D eigenvalue weighted by Gasteiger charge is -2.02. The summed E-state index contributed by atoms with van der Waals surface area (Å²) in [6.07, 6.45) is 1.48. The molecule has 2 nitrogen and oxygen atoms in total. The highest BCUT2D eigenvalue weighted by Gasteiger charge is 2.24. The molecule has 0 radical (unpaired) electrons. The first-order valence-corrected chi connectivity index (χ1v) is 6.11. The predicted octanol–water partition coefficient (Wildman–Crippen LogP) is 3.97. The highest BCUT2D eigenvalue weighted by molar-refractivity contribution is 6.37. The van der Waals surface area contributed by atoms with Crippen LogP contribution in [0.25, 0.3) is 11.6 Å². The number of hydrogen-bond acceptors (Lipinski definition) is 1. The van der Waals surface area contributed by atoms with E-state index in [1.165, 1.54) is 18.2 Å². The van der Waals surface area contributed by atoms with Gasteiger partial charge in [-0.2, -0.15) is 0 Å². The number of rotatable bonds is 1. The van der Waals surface area contributed by atoms with Crippen LogP contribution in [0.5, 0.6) is 0 Å². The van der Waals surface area contributed by atoms with Crippen LogP contribution < -0.4 is 5.32 Å². The summed E-state index contributed by atoms with van der Waals surface area (Å²) in [6, 6.07) is 11.7. The van der Waals surface area contributed by atoms with E-state index < -0.39 is 5.82 Å². The van der Waals surface area contributed by atoms with E-state index in [-0.39, 0.29) is 16.5 Å². The molecule has 1 heterocycles. The van der Waals surface area contributed by atoms with Gasteiger partial charge in [0.05, 0.1) is 5.02 Å². The molecular formula is C15H9ClFNO. The molecule has 0 aromatic heterocycles. The van der Waals surface area contributed by atoms with Gasteiger partial charge >= 0.3 is 0 Å². The monoisotopic (exact) mass is 273 g/mol. The lowest BCUT2D eigenvalue weighted by Crippen LogP contribution is -2.03. The minimum Gasteiger partial charge on any atom is -0.321 e. The highest BCUT2D eigenvalue weighted by atomic mass is 35.5. The molecule has 2 aromatic carbocycles. The molecule has 0 atom stereocenters. The van der Waals surface area contributed by atoms with E-state index in [1.807, 2.05) is 18.2 Å². The molecule has 0 saturated carbocycles. The van der Waals surface area contributed by atoms with Gasteiger partial charge in [0.25, 0.3) is 5.91 Å². The van der Waals surface area contributed by atoms with Gasteiger partial charge < -0.3 is 5.32 Å². The van der Waals surface area contributed by atoms with Crippen LogP contribution in [0.4, 0.5) is 10.1 Å². The standard InChI is InChI=1S/C15H9ClFNO/c16-12-5-3-6-13(17)11(12)8-10-9-4-1-2-7-14(9)18-15(10)19/h1-8H,(H,18,19)/b10-8-. The molecule has 0 unspecified atom stereocenters. The minimum absolute atomic E-state index is 0.228. The second-order valence-corrected chi connectivity index (χ2v) is 4.60.